The topological polar surface area (TPSA) is 94.2 Å². The zero-order valence-electron chi connectivity index (χ0n) is 10.8. The monoisotopic (exact) mass is 280 g/mol. The molecular formula is C11H13FN6O2. The van der Waals surface area contributed by atoms with Crippen LogP contribution < -0.4 is 11.0 Å². The maximum atomic E-state index is 13.1. The first-order valence-corrected chi connectivity index (χ1v) is 6.28. The fourth-order valence-electron chi connectivity index (χ4n) is 2.35. The molecule has 0 spiro atoms. The van der Waals surface area contributed by atoms with Gasteiger partial charge in [0, 0.05) is 13.1 Å². The first-order chi connectivity index (χ1) is 9.56. The minimum absolute atomic E-state index is 0.0255. The number of amides is 1. The second-order valence-electron chi connectivity index (χ2n) is 4.86. The van der Waals surface area contributed by atoms with Crippen molar-refractivity contribution in [2.45, 2.75) is 31.5 Å². The van der Waals surface area contributed by atoms with Crippen molar-refractivity contribution in [2.75, 3.05) is 0 Å². The fraction of sp³-hybridized carbons (Fsp3) is 0.545. The van der Waals surface area contributed by atoms with Crippen LogP contribution in [0.25, 0.3) is 5.65 Å². The highest BCUT2D eigenvalue weighted by Gasteiger charge is 2.27. The molecule has 1 aliphatic carbocycles. The number of aryl methyl sites for hydroxylation is 1. The molecule has 0 radical (unpaired) electrons. The molecular weight excluding hydrogens is 267 g/mol. The van der Waals surface area contributed by atoms with Crippen molar-refractivity contribution < 1.29 is 9.18 Å². The molecule has 2 aromatic heterocycles. The van der Waals surface area contributed by atoms with Crippen molar-refractivity contribution in [2.24, 2.45) is 7.05 Å². The summed E-state index contributed by atoms with van der Waals surface area (Å²) in [4.78, 5) is 27.7. The van der Waals surface area contributed by atoms with Crippen LogP contribution in [-0.4, -0.2) is 42.5 Å². The Morgan fingerprint density at radius 3 is 3.00 bits per heavy atom. The molecule has 2 unspecified atom stereocenters. The number of carbonyl (C=O) groups excluding carboxylic acids is 1. The number of carbonyl (C=O) groups is 1. The molecule has 1 N–H and O–H groups in total. The van der Waals surface area contributed by atoms with Gasteiger partial charge in [0.1, 0.15) is 12.5 Å². The maximum Gasteiger partial charge on any atom is 0.352 e. The number of nitrogens with zero attached hydrogens (tertiary/aromatic N) is 5. The summed E-state index contributed by atoms with van der Waals surface area (Å²) in [5, 5.41) is 10.1. The SMILES string of the molecule is Cn1nnc2c(C(=O)NC3CCC(F)C3)ncn2c1=O. The largest absolute Gasteiger partial charge is 0.352 e. The van der Waals surface area contributed by atoms with Crippen LogP contribution in [0.4, 0.5) is 4.39 Å². The number of rotatable bonds is 2. The molecule has 1 aliphatic rings. The average Bonchev–Trinajstić information content (AvgIpc) is 3.00. The molecule has 0 bridgehead atoms. The van der Waals surface area contributed by atoms with Crippen LogP contribution in [0, 0.1) is 0 Å². The summed E-state index contributed by atoms with van der Waals surface area (Å²) in [7, 11) is 1.45. The minimum atomic E-state index is -0.869. The second kappa shape index (κ2) is 4.66. The summed E-state index contributed by atoms with van der Waals surface area (Å²) >= 11 is 0. The van der Waals surface area contributed by atoms with Crippen LogP contribution in [0.5, 0.6) is 0 Å². The number of halogens is 1. The molecule has 2 heterocycles. The lowest BCUT2D eigenvalue weighted by molar-refractivity contribution is 0.0933. The van der Waals surface area contributed by atoms with Gasteiger partial charge < -0.3 is 5.32 Å². The van der Waals surface area contributed by atoms with Crippen LogP contribution in [0.2, 0.25) is 0 Å². The zero-order chi connectivity index (χ0) is 14.3. The zero-order valence-corrected chi connectivity index (χ0v) is 10.8. The predicted molar refractivity (Wildman–Crippen MR) is 66.0 cm³/mol. The van der Waals surface area contributed by atoms with E-state index in [4.69, 9.17) is 0 Å². The number of nitrogens with one attached hydrogen (secondary N) is 1. The molecule has 1 saturated carbocycles. The second-order valence-corrected chi connectivity index (χ2v) is 4.86. The van der Waals surface area contributed by atoms with E-state index in [1.54, 1.807) is 0 Å². The van der Waals surface area contributed by atoms with Crippen molar-refractivity contribution in [1.82, 2.24) is 29.7 Å². The molecule has 1 fully saturated rings. The molecule has 3 rings (SSSR count). The average molecular weight is 280 g/mol. The van der Waals surface area contributed by atoms with E-state index in [0.717, 1.165) is 9.08 Å². The summed E-state index contributed by atoms with van der Waals surface area (Å²) in [6.45, 7) is 0. The van der Waals surface area contributed by atoms with E-state index in [-0.39, 0.29) is 17.4 Å². The highest BCUT2D eigenvalue weighted by atomic mass is 19.1. The van der Waals surface area contributed by atoms with Crippen molar-refractivity contribution in [1.29, 1.82) is 0 Å². The predicted octanol–water partition coefficient (Wildman–Crippen LogP) is -0.557. The Morgan fingerprint density at radius 1 is 1.50 bits per heavy atom. The van der Waals surface area contributed by atoms with Crippen LogP contribution in [0.1, 0.15) is 29.8 Å². The summed E-state index contributed by atoms with van der Waals surface area (Å²) in [5.41, 5.74) is -0.316. The molecule has 8 nitrogen and oxygen atoms in total. The van der Waals surface area contributed by atoms with Gasteiger partial charge >= 0.3 is 5.69 Å². The Kier molecular flexibility index (Phi) is 2.96. The number of imidazole rings is 1. The Morgan fingerprint density at radius 2 is 2.30 bits per heavy atom. The maximum absolute atomic E-state index is 13.1. The third-order valence-corrected chi connectivity index (χ3v) is 3.42. The summed E-state index contributed by atoms with van der Waals surface area (Å²) in [5.74, 6) is -0.464. The number of hydrogen-bond donors (Lipinski definition) is 1. The summed E-state index contributed by atoms with van der Waals surface area (Å²) in [6.07, 6.45) is 1.73. The Balaban J connectivity index is 1.89. The molecule has 20 heavy (non-hydrogen) atoms. The summed E-state index contributed by atoms with van der Waals surface area (Å²) in [6, 6.07) is -0.200. The van der Waals surface area contributed by atoms with Crippen LogP contribution in [0.3, 0.4) is 0 Å². The van der Waals surface area contributed by atoms with E-state index in [1.165, 1.54) is 13.4 Å². The van der Waals surface area contributed by atoms with Gasteiger partial charge in [0.05, 0.1) is 0 Å². The quantitative estimate of drug-likeness (QED) is 0.796. The van der Waals surface area contributed by atoms with Crippen molar-refractivity contribution in [3.05, 3.63) is 22.5 Å². The number of hydrogen-bond acceptors (Lipinski definition) is 5. The lowest BCUT2D eigenvalue weighted by Gasteiger charge is -2.10. The molecule has 106 valence electrons. The van der Waals surface area contributed by atoms with Gasteiger partial charge in [-0.1, -0.05) is 5.21 Å². The molecule has 9 heteroatoms. The van der Waals surface area contributed by atoms with Crippen molar-refractivity contribution in [3.63, 3.8) is 0 Å². The minimum Gasteiger partial charge on any atom is -0.348 e. The first-order valence-electron chi connectivity index (χ1n) is 6.28. The molecule has 2 aromatic rings. The third kappa shape index (κ3) is 2.04. The van der Waals surface area contributed by atoms with Crippen molar-refractivity contribution in [3.8, 4) is 0 Å². The highest BCUT2D eigenvalue weighted by Crippen LogP contribution is 2.22. The smallest absolute Gasteiger partial charge is 0.348 e. The van der Waals surface area contributed by atoms with Gasteiger partial charge in [-0.3, -0.25) is 4.79 Å². The Bertz CT molecular complexity index is 723. The Hall–Kier alpha value is -2.32. The number of alkyl halides is 1. The third-order valence-electron chi connectivity index (χ3n) is 3.42. The normalized spacial score (nSPS) is 22.3. The molecule has 2 atom stereocenters. The van der Waals surface area contributed by atoms with E-state index in [2.05, 4.69) is 20.6 Å². The van der Waals surface area contributed by atoms with Gasteiger partial charge in [0.15, 0.2) is 11.3 Å². The molecule has 0 aromatic carbocycles. The summed E-state index contributed by atoms with van der Waals surface area (Å²) < 4.78 is 15.3. The molecule has 0 aliphatic heterocycles. The van der Waals surface area contributed by atoms with E-state index >= 15 is 0 Å². The van der Waals surface area contributed by atoms with Gasteiger partial charge in [-0.2, -0.15) is 4.68 Å². The lowest BCUT2D eigenvalue weighted by Crippen LogP contribution is -2.34. The van der Waals surface area contributed by atoms with E-state index in [9.17, 15) is 14.0 Å². The van der Waals surface area contributed by atoms with Gasteiger partial charge in [-0.25, -0.2) is 18.6 Å². The highest BCUT2D eigenvalue weighted by molar-refractivity contribution is 5.97. The van der Waals surface area contributed by atoms with Crippen molar-refractivity contribution >= 4 is 11.6 Å². The lowest BCUT2D eigenvalue weighted by atomic mass is 10.2. The standard InChI is InChI=1S/C11H13FN6O2/c1-17-11(20)18-5-13-8(9(18)15-16-17)10(19)14-7-3-2-6(12)4-7/h5-7H,2-4H2,1H3,(H,14,19). The van der Waals surface area contributed by atoms with E-state index < -0.39 is 17.8 Å². The first kappa shape index (κ1) is 12.7. The van der Waals surface area contributed by atoms with E-state index in [1.807, 2.05) is 0 Å². The van der Waals surface area contributed by atoms with Crippen LogP contribution >= 0.6 is 0 Å². The Labute approximate surface area is 112 Å². The van der Waals surface area contributed by atoms with Gasteiger partial charge in [0.25, 0.3) is 5.91 Å². The fourth-order valence-corrected chi connectivity index (χ4v) is 2.35. The van der Waals surface area contributed by atoms with E-state index in [0.29, 0.717) is 19.3 Å². The number of fused-ring (bicyclic) bond motifs is 1. The van der Waals surface area contributed by atoms with Crippen LogP contribution in [-0.2, 0) is 7.05 Å². The molecule has 1 amide bonds. The van der Waals surface area contributed by atoms with Crippen LogP contribution in [0.15, 0.2) is 11.1 Å². The van der Waals surface area contributed by atoms with Gasteiger partial charge in [-0.15, -0.1) is 5.10 Å². The number of aromatic nitrogens is 5. The van der Waals surface area contributed by atoms with Gasteiger partial charge in [0.2, 0.25) is 0 Å². The van der Waals surface area contributed by atoms with Gasteiger partial charge in [-0.05, 0) is 19.3 Å². The molecule has 0 saturated heterocycles.